The minimum absolute atomic E-state index is 0.252. The Morgan fingerprint density at radius 1 is 1.50 bits per heavy atom. The Bertz CT molecular complexity index is 347. The van der Waals surface area contributed by atoms with Crippen molar-refractivity contribution >= 4 is 28.9 Å². The SMILES string of the molecule is CC(C)C(CCCC(=O)O)c1ccc(Cl)s1. The minimum atomic E-state index is -0.716. The summed E-state index contributed by atoms with van der Waals surface area (Å²) in [6.07, 6.45) is 1.90. The van der Waals surface area contributed by atoms with Crippen LogP contribution < -0.4 is 0 Å². The molecule has 90 valence electrons. The van der Waals surface area contributed by atoms with Gasteiger partial charge in [-0.15, -0.1) is 11.3 Å². The van der Waals surface area contributed by atoms with Gasteiger partial charge in [0.15, 0.2) is 0 Å². The molecule has 0 aliphatic heterocycles. The second-order valence-electron chi connectivity index (χ2n) is 4.28. The molecule has 1 aromatic heterocycles. The van der Waals surface area contributed by atoms with Crippen molar-refractivity contribution in [3.63, 3.8) is 0 Å². The van der Waals surface area contributed by atoms with Gasteiger partial charge in [-0.3, -0.25) is 4.79 Å². The summed E-state index contributed by atoms with van der Waals surface area (Å²) < 4.78 is 0.805. The van der Waals surface area contributed by atoms with Crippen LogP contribution in [0.4, 0.5) is 0 Å². The van der Waals surface area contributed by atoms with Crippen molar-refractivity contribution in [1.29, 1.82) is 0 Å². The Morgan fingerprint density at radius 3 is 2.62 bits per heavy atom. The maximum absolute atomic E-state index is 10.5. The highest BCUT2D eigenvalue weighted by Gasteiger charge is 2.17. The molecule has 0 fully saturated rings. The molecule has 0 spiro atoms. The van der Waals surface area contributed by atoms with Crippen molar-refractivity contribution < 1.29 is 9.90 Å². The summed E-state index contributed by atoms with van der Waals surface area (Å²) in [7, 11) is 0. The number of rotatable bonds is 6. The van der Waals surface area contributed by atoms with E-state index in [1.54, 1.807) is 11.3 Å². The smallest absolute Gasteiger partial charge is 0.303 e. The maximum atomic E-state index is 10.5. The number of carboxylic acid groups (broad SMARTS) is 1. The van der Waals surface area contributed by atoms with Gasteiger partial charge in [0.25, 0.3) is 0 Å². The van der Waals surface area contributed by atoms with Crippen molar-refractivity contribution in [3.8, 4) is 0 Å². The topological polar surface area (TPSA) is 37.3 Å². The van der Waals surface area contributed by atoms with Crippen molar-refractivity contribution in [2.24, 2.45) is 5.92 Å². The number of hydrogen-bond acceptors (Lipinski definition) is 2. The number of aliphatic carboxylic acids is 1. The summed E-state index contributed by atoms with van der Waals surface area (Å²) in [5.41, 5.74) is 0. The Hall–Kier alpha value is -0.540. The fourth-order valence-electron chi connectivity index (χ4n) is 1.80. The van der Waals surface area contributed by atoms with Crippen LogP contribution in [0.25, 0.3) is 0 Å². The van der Waals surface area contributed by atoms with Gasteiger partial charge in [-0.2, -0.15) is 0 Å². The number of carbonyl (C=O) groups is 1. The van der Waals surface area contributed by atoms with Crippen molar-refractivity contribution in [1.82, 2.24) is 0 Å². The van der Waals surface area contributed by atoms with Crippen molar-refractivity contribution in [2.75, 3.05) is 0 Å². The highest BCUT2D eigenvalue weighted by molar-refractivity contribution is 7.16. The molecule has 0 amide bonds. The Kier molecular flexibility index (Phi) is 5.29. The van der Waals surface area contributed by atoms with E-state index in [-0.39, 0.29) is 6.42 Å². The van der Waals surface area contributed by atoms with Crippen LogP contribution in [0.1, 0.15) is 43.9 Å². The summed E-state index contributed by atoms with van der Waals surface area (Å²) in [6, 6.07) is 3.96. The van der Waals surface area contributed by atoms with E-state index < -0.39 is 5.97 Å². The van der Waals surface area contributed by atoms with Gasteiger partial charge in [0.1, 0.15) is 0 Å². The molecule has 1 aromatic rings. The second kappa shape index (κ2) is 6.26. The zero-order valence-corrected chi connectivity index (χ0v) is 11.1. The normalized spacial score (nSPS) is 13.0. The van der Waals surface area contributed by atoms with E-state index in [0.29, 0.717) is 11.8 Å². The predicted octanol–water partition coefficient (Wildman–Crippen LogP) is 4.40. The van der Waals surface area contributed by atoms with Crippen molar-refractivity contribution in [3.05, 3.63) is 21.3 Å². The molecule has 0 aromatic carbocycles. The molecule has 1 heterocycles. The average molecular weight is 261 g/mol. The highest BCUT2D eigenvalue weighted by atomic mass is 35.5. The summed E-state index contributed by atoms with van der Waals surface area (Å²) in [6.45, 7) is 4.33. The molecule has 0 aliphatic rings. The first-order valence-corrected chi connectivity index (χ1v) is 6.67. The van der Waals surface area contributed by atoms with E-state index in [0.717, 1.165) is 17.2 Å². The third-order valence-electron chi connectivity index (χ3n) is 2.67. The first-order chi connectivity index (χ1) is 7.50. The Morgan fingerprint density at radius 2 is 2.19 bits per heavy atom. The van der Waals surface area contributed by atoms with Gasteiger partial charge in [0.2, 0.25) is 0 Å². The summed E-state index contributed by atoms with van der Waals surface area (Å²) in [5.74, 6) is 0.229. The quantitative estimate of drug-likeness (QED) is 0.823. The molecule has 0 saturated heterocycles. The third-order valence-corrected chi connectivity index (χ3v) is 4.03. The summed E-state index contributed by atoms with van der Waals surface area (Å²) >= 11 is 7.52. The van der Waals surface area contributed by atoms with E-state index in [1.807, 2.05) is 6.07 Å². The summed E-state index contributed by atoms with van der Waals surface area (Å²) in [4.78, 5) is 11.7. The first kappa shape index (κ1) is 13.5. The molecule has 1 atom stereocenters. The molecule has 1 N–H and O–H groups in total. The first-order valence-electron chi connectivity index (χ1n) is 5.47. The standard InChI is InChI=1S/C12H17ClO2S/c1-8(2)9(4-3-5-12(14)15)10-6-7-11(13)16-10/h6-9H,3-5H2,1-2H3,(H,14,15). The second-order valence-corrected chi connectivity index (χ2v) is 6.03. The van der Waals surface area contributed by atoms with Crippen LogP contribution >= 0.6 is 22.9 Å². The van der Waals surface area contributed by atoms with Crippen LogP contribution in [0.15, 0.2) is 12.1 Å². The molecule has 0 aliphatic carbocycles. The Balaban J connectivity index is 2.58. The third kappa shape index (κ3) is 4.14. The van der Waals surface area contributed by atoms with E-state index >= 15 is 0 Å². The van der Waals surface area contributed by atoms with Crippen LogP contribution in [0.2, 0.25) is 4.34 Å². The minimum Gasteiger partial charge on any atom is -0.481 e. The maximum Gasteiger partial charge on any atom is 0.303 e. The predicted molar refractivity (Wildman–Crippen MR) is 68.4 cm³/mol. The molecule has 0 bridgehead atoms. The van der Waals surface area contributed by atoms with Gasteiger partial charge in [-0.05, 0) is 36.8 Å². The molecule has 0 radical (unpaired) electrons. The molecule has 4 heteroatoms. The number of hydrogen-bond donors (Lipinski definition) is 1. The summed E-state index contributed by atoms with van der Waals surface area (Å²) in [5, 5.41) is 8.62. The number of halogens is 1. The van der Waals surface area contributed by atoms with Gasteiger partial charge >= 0.3 is 5.97 Å². The lowest BCUT2D eigenvalue weighted by molar-refractivity contribution is -0.137. The lowest BCUT2D eigenvalue weighted by atomic mass is 9.89. The van der Waals surface area contributed by atoms with E-state index in [4.69, 9.17) is 16.7 Å². The average Bonchev–Trinajstić information content (AvgIpc) is 2.58. The van der Waals surface area contributed by atoms with Crippen LogP contribution in [-0.2, 0) is 4.79 Å². The number of carboxylic acids is 1. The lowest BCUT2D eigenvalue weighted by Crippen LogP contribution is -2.06. The fraction of sp³-hybridized carbons (Fsp3) is 0.583. The zero-order chi connectivity index (χ0) is 12.1. The monoisotopic (exact) mass is 260 g/mol. The van der Waals surface area contributed by atoms with Gasteiger partial charge in [-0.25, -0.2) is 0 Å². The number of thiophene rings is 1. The highest BCUT2D eigenvalue weighted by Crippen LogP contribution is 2.35. The van der Waals surface area contributed by atoms with Crippen LogP contribution in [-0.4, -0.2) is 11.1 Å². The van der Waals surface area contributed by atoms with Gasteiger partial charge in [0, 0.05) is 11.3 Å². The molecule has 0 saturated carbocycles. The molecule has 1 rings (SSSR count). The molecule has 1 unspecified atom stereocenters. The molecule has 16 heavy (non-hydrogen) atoms. The van der Waals surface area contributed by atoms with Crippen molar-refractivity contribution in [2.45, 2.75) is 39.0 Å². The molecular weight excluding hydrogens is 244 g/mol. The Labute approximate surface area is 105 Å². The van der Waals surface area contributed by atoms with Gasteiger partial charge < -0.3 is 5.11 Å². The van der Waals surface area contributed by atoms with Gasteiger partial charge in [0.05, 0.1) is 4.34 Å². The van der Waals surface area contributed by atoms with E-state index in [9.17, 15) is 4.79 Å². The van der Waals surface area contributed by atoms with Crippen LogP contribution in [0.5, 0.6) is 0 Å². The largest absolute Gasteiger partial charge is 0.481 e. The van der Waals surface area contributed by atoms with Crippen LogP contribution in [0, 0.1) is 5.92 Å². The lowest BCUT2D eigenvalue weighted by Gasteiger charge is -2.18. The van der Waals surface area contributed by atoms with Gasteiger partial charge in [-0.1, -0.05) is 25.4 Å². The van der Waals surface area contributed by atoms with E-state index in [2.05, 4.69) is 19.9 Å². The van der Waals surface area contributed by atoms with Crippen LogP contribution in [0.3, 0.4) is 0 Å². The fourth-order valence-corrected chi connectivity index (χ4v) is 3.17. The molecular formula is C12H17ClO2S. The molecule has 2 nitrogen and oxygen atoms in total. The zero-order valence-electron chi connectivity index (χ0n) is 9.57. The van der Waals surface area contributed by atoms with E-state index in [1.165, 1.54) is 4.88 Å².